The normalized spacial score (nSPS) is 16.5. The maximum Gasteiger partial charge on any atom is 0.457 e. The number of hydrogen-bond donors (Lipinski definition) is 0. The lowest BCUT2D eigenvalue weighted by Crippen LogP contribution is -2.45. The molecule has 0 N–H and O–H groups in total. The van der Waals surface area contributed by atoms with Gasteiger partial charge in [0.1, 0.15) is 16.8 Å². The summed E-state index contributed by atoms with van der Waals surface area (Å²) in [5, 5.41) is 0. The van der Waals surface area contributed by atoms with Crippen molar-refractivity contribution in [3.63, 3.8) is 0 Å². The predicted molar refractivity (Wildman–Crippen MR) is 216 cm³/mol. The Labute approximate surface area is 330 Å². The number of carbonyl (C=O) groups excluding carboxylic acids is 3. The SMILES string of the molecule is CC(C)(C)OC(=O)N(CCOCCC(CCCCB1OC(C)(C)C(C)(C)O1)(N=C(c1ccccc1)c1ccccc1)C(=O)OC(C)(C)C)C(=O)OC(C)(C)C. The molecule has 55 heavy (non-hydrogen) atoms. The Morgan fingerprint density at radius 1 is 0.655 bits per heavy atom. The first-order valence-corrected chi connectivity index (χ1v) is 19.4. The van der Waals surface area contributed by atoms with Crippen molar-refractivity contribution in [2.45, 2.75) is 156 Å². The van der Waals surface area contributed by atoms with E-state index in [-0.39, 0.29) is 33.3 Å². The minimum Gasteiger partial charge on any atom is -0.458 e. The Kier molecular flexibility index (Phi) is 15.3. The van der Waals surface area contributed by atoms with Gasteiger partial charge in [-0.3, -0.25) is 4.99 Å². The van der Waals surface area contributed by atoms with Gasteiger partial charge in [0, 0.05) is 24.2 Å². The molecule has 1 fully saturated rings. The topological polar surface area (TPSA) is 122 Å². The number of amides is 2. The Morgan fingerprint density at radius 2 is 1.11 bits per heavy atom. The van der Waals surface area contributed by atoms with Gasteiger partial charge in [-0.05, 0) is 103 Å². The average molecular weight is 765 g/mol. The van der Waals surface area contributed by atoms with Crippen molar-refractivity contribution in [3.8, 4) is 0 Å². The number of ether oxygens (including phenoxy) is 4. The molecule has 1 aliphatic heterocycles. The third-order valence-corrected chi connectivity index (χ3v) is 9.13. The van der Waals surface area contributed by atoms with E-state index < -0.39 is 51.7 Å². The molecule has 1 heterocycles. The Morgan fingerprint density at radius 3 is 1.55 bits per heavy atom. The molecule has 2 aromatic carbocycles. The van der Waals surface area contributed by atoms with E-state index in [1.807, 2.05) is 109 Å². The number of hydrogen-bond acceptors (Lipinski definition) is 10. The van der Waals surface area contributed by atoms with Gasteiger partial charge in [0.25, 0.3) is 0 Å². The van der Waals surface area contributed by atoms with Crippen LogP contribution in [0.2, 0.25) is 6.32 Å². The molecular formula is C43H65BN2O9. The maximum atomic E-state index is 14.6. The molecule has 2 amide bonds. The molecule has 0 spiro atoms. The summed E-state index contributed by atoms with van der Waals surface area (Å²) in [6.07, 6.45) is 0.827. The minimum absolute atomic E-state index is 0.0290. The molecule has 1 unspecified atom stereocenters. The zero-order valence-corrected chi connectivity index (χ0v) is 35.6. The van der Waals surface area contributed by atoms with Gasteiger partial charge in [0.15, 0.2) is 5.54 Å². The lowest BCUT2D eigenvalue weighted by molar-refractivity contribution is -0.162. The Balaban J connectivity index is 1.96. The number of aliphatic imine (C=N–C) groups is 1. The number of rotatable bonds is 15. The molecule has 0 bridgehead atoms. The van der Waals surface area contributed by atoms with Crippen molar-refractivity contribution >= 4 is 31.0 Å². The van der Waals surface area contributed by atoms with Crippen LogP contribution in [0.5, 0.6) is 0 Å². The molecule has 0 saturated carbocycles. The Hall–Kier alpha value is -3.74. The monoisotopic (exact) mass is 764 g/mol. The molecule has 2 aromatic rings. The molecule has 304 valence electrons. The summed E-state index contributed by atoms with van der Waals surface area (Å²) in [5.74, 6) is -0.465. The highest BCUT2D eigenvalue weighted by molar-refractivity contribution is 6.45. The molecule has 0 aromatic heterocycles. The van der Waals surface area contributed by atoms with Crippen LogP contribution in [-0.2, 0) is 33.1 Å². The van der Waals surface area contributed by atoms with Crippen LogP contribution in [-0.4, -0.2) is 89.2 Å². The highest BCUT2D eigenvalue weighted by atomic mass is 16.7. The number of unbranched alkanes of at least 4 members (excludes halogenated alkanes) is 1. The van der Waals surface area contributed by atoms with Gasteiger partial charge in [-0.15, -0.1) is 0 Å². The van der Waals surface area contributed by atoms with Crippen LogP contribution >= 0.6 is 0 Å². The van der Waals surface area contributed by atoms with Gasteiger partial charge in [-0.25, -0.2) is 19.3 Å². The van der Waals surface area contributed by atoms with E-state index >= 15 is 0 Å². The molecule has 12 heteroatoms. The van der Waals surface area contributed by atoms with Crippen molar-refractivity contribution in [2.24, 2.45) is 4.99 Å². The van der Waals surface area contributed by atoms with Gasteiger partial charge in [-0.2, -0.15) is 0 Å². The summed E-state index contributed by atoms with van der Waals surface area (Å²) < 4.78 is 35.8. The van der Waals surface area contributed by atoms with Crippen molar-refractivity contribution in [3.05, 3.63) is 71.8 Å². The fraction of sp³-hybridized carbons (Fsp3) is 0.628. The van der Waals surface area contributed by atoms with Crippen LogP contribution in [0.15, 0.2) is 65.7 Å². The number of nitrogens with zero attached hydrogens (tertiary/aromatic N) is 2. The van der Waals surface area contributed by atoms with Crippen molar-refractivity contribution in [1.29, 1.82) is 0 Å². The van der Waals surface area contributed by atoms with Gasteiger partial charge in [-0.1, -0.05) is 73.5 Å². The van der Waals surface area contributed by atoms with Gasteiger partial charge in [0.2, 0.25) is 0 Å². The van der Waals surface area contributed by atoms with Crippen molar-refractivity contribution < 1.29 is 42.6 Å². The number of carbonyl (C=O) groups is 3. The quantitative estimate of drug-likeness (QED) is 0.0574. The zero-order chi connectivity index (χ0) is 41.3. The van der Waals surface area contributed by atoms with E-state index in [4.69, 9.17) is 33.2 Å². The van der Waals surface area contributed by atoms with Crippen LogP contribution in [0.3, 0.4) is 0 Å². The largest absolute Gasteiger partial charge is 0.458 e. The van der Waals surface area contributed by atoms with Crippen LogP contribution < -0.4 is 0 Å². The summed E-state index contributed by atoms with van der Waals surface area (Å²) >= 11 is 0. The van der Waals surface area contributed by atoms with Crippen LogP contribution in [0.25, 0.3) is 0 Å². The average Bonchev–Trinajstić information content (AvgIpc) is 3.26. The lowest BCUT2D eigenvalue weighted by Gasteiger charge is -2.33. The summed E-state index contributed by atoms with van der Waals surface area (Å²) in [6.45, 7) is 23.9. The predicted octanol–water partition coefficient (Wildman–Crippen LogP) is 9.45. The number of esters is 1. The van der Waals surface area contributed by atoms with Crippen LogP contribution in [0.4, 0.5) is 9.59 Å². The summed E-state index contributed by atoms with van der Waals surface area (Å²) in [6, 6.07) is 19.5. The zero-order valence-electron chi connectivity index (χ0n) is 35.6. The highest BCUT2D eigenvalue weighted by Crippen LogP contribution is 2.39. The van der Waals surface area contributed by atoms with E-state index in [0.29, 0.717) is 31.3 Å². The van der Waals surface area contributed by atoms with Gasteiger partial charge >= 0.3 is 25.3 Å². The van der Waals surface area contributed by atoms with Gasteiger partial charge < -0.3 is 28.3 Å². The standard InChI is InChI=1S/C43H65BN2O9/c1-38(2,3)51-35(47)43(26-20-21-28-44-54-41(10,11)42(12,13)55-44,45-34(32-22-16-14-17-23-32)33-24-18-15-19-25-33)27-30-50-31-29-46(36(48)52-39(4,5)6)37(49)53-40(7,8)9/h14-19,22-25H,20-21,26-31H2,1-13H3. The number of benzene rings is 2. The molecule has 11 nitrogen and oxygen atoms in total. The van der Waals surface area contributed by atoms with Crippen molar-refractivity contribution in [2.75, 3.05) is 19.8 Å². The van der Waals surface area contributed by atoms with Crippen molar-refractivity contribution in [1.82, 2.24) is 4.90 Å². The summed E-state index contributed by atoms with van der Waals surface area (Å²) in [5.41, 5.74) is -2.34. The second-order valence-corrected chi connectivity index (χ2v) is 18.1. The summed E-state index contributed by atoms with van der Waals surface area (Å²) in [4.78, 5) is 47.0. The summed E-state index contributed by atoms with van der Waals surface area (Å²) in [7, 11) is -0.366. The highest BCUT2D eigenvalue weighted by Gasteiger charge is 2.50. The van der Waals surface area contributed by atoms with Crippen LogP contribution in [0, 0.1) is 0 Å². The molecular weight excluding hydrogens is 699 g/mol. The molecule has 1 aliphatic rings. The molecule has 0 aliphatic carbocycles. The van der Waals surface area contributed by atoms with E-state index in [9.17, 15) is 14.4 Å². The molecule has 0 radical (unpaired) electrons. The molecule has 1 atom stereocenters. The van der Waals surface area contributed by atoms with E-state index in [0.717, 1.165) is 16.0 Å². The van der Waals surface area contributed by atoms with E-state index in [1.165, 1.54) is 0 Å². The second-order valence-electron chi connectivity index (χ2n) is 18.1. The third-order valence-electron chi connectivity index (χ3n) is 9.13. The fourth-order valence-electron chi connectivity index (χ4n) is 5.76. The van der Waals surface area contributed by atoms with E-state index in [2.05, 4.69) is 0 Å². The Bertz CT molecular complexity index is 1510. The molecule has 1 saturated heterocycles. The lowest BCUT2D eigenvalue weighted by atomic mass is 9.80. The maximum absolute atomic E-state index is 14.6. The fourth-order valence-corrected chi connectivity index (χ4v) is 5.76. The number of imide groups is 1. The first-order valence-electron chi connectivity index (χ1n) is 19.4. The van der Waals surface area contributed by atoms with Gasteiger partial charge in [0.05, 0.1) is 30.1 Å². The minimum atomic E-state index is -1.36. The first kappa shape index (κ1) is 45.7. The third kappa shape index (κ3) is 14.4. The van der Waals surface area contributed by atoms with E-state index in [1.54, 1.807) is 41.5 Å². The molecule has 3 rings (SSSR count). The smallest absolute Gasteiger partial charge is 0.457 e. The second kappa shape index (κ2) is 18.5. The first-order chi connectivity index (χ1) is 25.3. The van der Waals surface area contributed by atoms with Crippen LogP contribution in [0.1, 0.15) is 127 Å².